The molecule has 6 heteroatoms. The van der Waals surface area contributed by atoms with Crippen LogP contribution >= 0.6 is 11.6 Å². The van der Waals surface area contributed by atoms with Crippen LogP contribution < -0.4 is 0 Å². The molecule has 1 rings (SSSR count). The highest BCUT2D eigenvalue weighted by atomic mass is 35.5. The van der Waals surface area contributed by atoms with Crippen molar-refractivity contribution in [2.75, 3.05) is 13.1 Å². The summed E-state index contributed by atoms with van der Waals surface area (Å²) in [5, 5.41) is 11.8. The molecule has 0 aromatic heterocycles. The maximum Gasteiger partial charge on any atom is 0.410 e. The Morgan fingerprint density at radius 1 is 1.53 bits per heavy atom. The van der Waals surface area contributed by atoms with Crippen LogP contribution in [0.2, 0.25) is 0 Å². The van der Waals surface area contributed by atoms with Crippen LogP contribution in [-0.2, 0) is 4.74 Å². The van der Waals surface area contributed by atoms with Crippen molar-refractivity contribution in [3.8, 4) is 0 Å². The highest BCUT2D eigenvalue weighted by Crippen LogP contribution is 2.21. The Morgan fingerprint density at radius 3 is 2.71 bits per heavy atom. The number of hydrogen-bond acceptors (Lipinski definition) is 4. The number of nitrogens with zero attached hydrogens (tertiary/aromatic N) is 2. The topological polar surface area (TPSA) is 62.1 Å². The van der Waals surface area contributed by atoms with Crippen LogP contribution in [0.4, 0.5) is 4.79 Å². The summed E-state index contributed by atoms with van der Waals surface area (Å²) in [6, 6.07) is 0. The van der Waals surface area contributed by atoms with Crippen molar-refractivity contribution in [2.24, 2.45) is 11.1 Å². The Bertz CT molecular complexity index is 312. The summed E-state index contributed by atoms with van der Waals surface area (Å²) in [4.78, 5) is 13.4. The Labute approximate surface area is 106 Å². The Morgan fingerprint density at radius 2 is 2.18 bits per heavy atom. The first-order chi connectivity index (χ1) is 7.83. The SMILES string of the molecule is CC(C)(C)OC(=O)N1CCCC(/C(Cl)=N/O)C1. The average molecular weight is 263 g/mol. The van der Waals surface area contributed by atoms with Gasteiger partial charge in [-0.3, -0.25) is 0 Å². The molecule has 0 aliphatic carbocycles. The molecule has 1 amide bonds. The molecule has 5 nitrogen and oxygen atoms in total. The Hall–Kier alpha value is -0.970. The third-order valence-electron chi connectivity index (χ3n) is 2.51. The van der Waals surface area contributed by atoms with E-state index in [1.165, 1.54) is 0 Å². The first-order valence-corrected chi connectivity index (χ1v) is 6.06. The van der Waals surface area contributed by atoms with Crippen molar-refractivity contribution in [3.63, 3.8) is 0 Å². The van der Waals surface area contributed by atoms with Gasteiger partial charge in [-0.1, -0.05) is 16.8 Å². The number of piperidine rings is 1. The Kier molecular flexibility index (Phi) is 4.62. The molecule has 1 aliphatic heterocycles. The van der Waals surface area contributed by atoms with Crippen molar-refractivity contribution in [1.82, 2.24) is 4.90 Å². The van der Waals surface area contributed by atoms with Crippen LogP contribution in [-0.4, -0.2) is 40.1 Å². The third-order valence-corrected chi connectivity index (χ3v) is 2.89. The summed E-state index contributed by atoms with van der Waals surface area (Å²) >= 11 is 5.77. The number of oxime groups is 1. The molecule has 0 saturated carbocycles. The third kappa shape index (κ3) is 4.42. The van der Waals surface area contributed by atoms with E-state index in [9.17, 15) is 4.79 Å². The molecule has 0 radical (unpaired) electrons. The van der Waals surface area contributed by atoms with Gasteiger partial charge in [0, 0.05) is 19.0 Å². The van der Waals surface area contributed by atoms with Gasteiger partial charge >= 0.3 is 6.09 Å². The smallest absolute Gasteiger partial charge is 0.410 e. The maximum absolute atomic E-state index is 11.8. The van der Waals surface area contributed by atoms with E-state index < -0.39 is 5.60 Å². The van der Waals surface area contributed by atoms with Gasteiger partial charge in [0.25, 0.3) is 0 Å². The van der Waals surface area contributed by atoms with Crippen molar-refractivity contribution >= 4 is 22.9 Å². The molecular formula is C11H19ClN2O3. The van der Waals surface area contributed by atoms with Gasteiger partial charge in [0.2, 0.25) is 0 Å². The highest BCUT2D eigenvalue weighted by molar-refractivity contribution is 6.65. The van der Waals surface area contributed by atoms with E-state index in [0.29, 0.717) is 13.1 Å². The molecule has 17 heavy (non-hydrogen) atoms. The van der Waals surface area contributed by atoms with E-state index in [4.69, 9.17) is 21.5 Å². The maximum atomic E-state index is 11.8. The second kappa shape index (κ2) is 5.58. The molecule has 1 atom stereocenters. The fourth-order valence-corrected chi connectivity index (χ4v) is 1.92. The van der Waals surface area contributed by atoms with E-state index in [-0.39, 0.29) is 17.2 Å². The monoisotopic (exact) mass is 262 g/mol. The second-order valence-electron chi connectivity index (χ2n) is 5.19. The molecule has 0 aromatic rings. The van der Waals surface area contributed by atoms with Crippen molar-refractivity contribution in [2.45, 2.75) is 39.2 Å². The van der Waals surface area contributed by atoms with Gasteiger partial charge in [0.15, 0.2) is 0 Å². The number of carbonyl (C=O) groups is 1. The molecule has 1 saturated heterocycles. The minimum atomic E-state index is -0.501. The summed E-state index contributed by atoms with van der Waals surface area (Å²) < 4.78 is 5.28. The van der Waals surface area contributed by atoms with Crippen molar-refractivity contribution in [1.29, 1.82) is 0 Å². The highest BCUT2D eigenvalue weighted by Gasteiger charge is 2.29. The molecule has 0 spiro atoms. The summed E-state index contributed by atoms with van der Waals surface area (Å²) in [5.41, 5.74) is -0.501. The zero-order chi connectivity index (χ0) is 13.1. The first kappa shape index (κ1) is 14.1. The number of hydrogen-bond donors (Lipinski definition) is 1. The van der Waals surface area contributed by atoms with Crippen LogP contribution in [0.1, 0.15) is 33.6 Å². The van der Waals surface area contributed by atoms with Gasteiger partial charge in [-0.15, -0.1) is 0 Å². The van der Waals surface area contributed by atoms with E-state index >= 15 is 0 Å². The standard InChI is InChI=1S/C11H19ClN2O3/c1-11(2,3)17-10(15)14-6-4-5-8(7-14)9(12)13-16/h8,16H,4-7H2,1-3H3/b13-9-. The van der Waals surface area contributed by atoms with Gasteiger partial charge < -0.3 is 14.8 Å². The minimum Gasteiger partial charge on any atom is -0.444 e. The molecule has 1 aliphatic rings. The van der Waals surface area contributed by atoms with Crippen LogP contribution in [0, 0.1) is 5.92 Å². The fraction of sp³-hybridized carbons (Fsp3) is 0.818. The van der Waals surface area contributed by atoms with Gasteiger partial charge in [-0.2, -0.15) is 0 Å². The quantitative estimate of drug-likeness (QED) is 0.449. The molecule has 0 bridgehead atoms. The summed E-state index contributed by atoms with van der Waals surface area (Å²) in [6.45, 7) is 6.58. The zero-order valence-electron chi connectivity index (χ0n) is 10.4. The lowest BCUT2D eigenvalue weighted by molar-refractivity contribution is 0.0194. The van der Waals surface area contributed by atoms with Crippen LogP contribution in [0.3, 0.4) is 0 Å². The first-order valence-electron chi connectivity index (χ1n) is 5.69. The van der Waals surface area contributed by atoms with E-state index in [1.54, 1.807) is 4.90 Å². The van der Waals surface area contributed by atoms with Gasteiger partial charge in [0.05, 0.1) is 0 Å². The molecule has 1 N–H and O–H groups in total. The molecule has 1 heterocycles. The van der Waals surface area contributed by atoms with Gasteiger partial charge in [-0.25, -0.2) is 4.79 Å². The lowest BCUT2D eigenvalue weighted by Gasteiger charge is -2.33. The number of amides is 1. The van der Waals surface area contributed by atoms with E-state index in [2.05, 4.69) is 5.16 Å². The molecule has 98 valence electrons. The van der Waals surface area contributed by atoms with Crippen molar-refractivity contribution in [3.05, 3.63) is 0 Å². The Balaban J connectivity index is 2.58. The lowest BCUT2D eigenvalue weighted by Crippen LogP contribution is -2.44. The molecule has 1 fully saturated rings. The molecule has 0 aromatic carbocycles. The van der Waals surface area contributed by atoms with Crippen LogP contribution in [0.15, 0.2) is 5.16 Å². The van der Waals surface area contributed by atoms with E-state index in [0.717, 1.165) is 12.8 Å². The van der Waals surface area contributed by atoms with Gasteiger partial charge in [-0.05, 0) is 33.6 Å². The predicted molar refractivity (Wildman–Crippen MR) is 65.6 cm³/mol. The van der Waals surface area contributed by atoms with E-state index in [1.807, 2.05) is 20.8 Å². The number of halogens is 1. The summed E-state index contributed by atoms with van der Waals surface area (Å²) in [5.74, 6) is -0.0945. The van der Waals surface area contributed by atoms with Crippen LogP contribution in [0.5, 0.6) is 0 Å². The normalized spacial score (nSPS) is 22.5. The second-order valence-corrected chi connectivity index (χ2v) is 5.58. The largest absolute Gasteiger partial charge is 0.444 e. The molecule has 1 unspecified atom stereocenters. The summed E-state index contributed by atoms with van der Waals surface area (Å²) in [6.07, 6.45) is 1.31. The zero-order valence-corrected chi connectivity index (χ0v) is 11.2. The van der Waals surface area contributed by atoms with Crippen LogP contribution in [0.25, 0.3) is 0 Å². The molecular weight excluding hydrogens is 244 g/mol. The number of ether oxygens (including phenoxy) is 1. The summed E-state index contributed by atoms with van der Waals surface area (Å²) in [7, 11) is 0. The van der Waals surface area contributed by atoms with Gasteiger partial charge in [0.1, 0.15) is 10.8 Å². The number of rotatable bonds is 1. The number of likely N-dealkylation sites (tertiary alicyclic amines) is 1. The number of carbonyl (C=O) groups excluding carboxylic acids is 1. The minimum absolute atomic E-state index is 0.0945. The predicted octanol–water partition coefficient (Wildman–Crippen LogP) is 2.66. The van der Waals surface area contributed by atoms with Crippen molar-refractivity contribution < 1.29 is 14.7 Å². The average Bonchev–Trinajstić information content (AvgIpc) is 2.26. The lowest BCUT2D eigenvalue weighted by atomic mass is 9.99. The fourth-order valence-electron chi connectivity index (χ4n) is 1.75.